The van der Waals surface area contributed by atoms with Crippen molar-refractivity contribution in [1.29, 1.82) is 0 Å². The maximum Gasteiger partial charge on any atom is 0.225 e. The molecule has 6 nitrogen and oxygen atoms in total. The van der Waals surface area contributed by atoms with Crippen LogP contribution in [-0.4, -0.2) is 70.6 Å². The Bertz CT molecular complexity index is 1150. The van der Waals surface area contributed by atoms with Crippen molar-refractivity contribution >= 4 is 22.7 Å². The van der Waals surface area contributed by atoms with E-state index >= 15 is 0 Å². The number of hydrogen-bond donors (Lipinski definition) is 0. The Morgan fingerprint density at radius 1 is 1.14 bits per heavy atom. The molecule has 4 aliphatic rings. The van der Waals surface area contributed by atoms with Gasteiger partial charge in [0, 0.05) is 62.6 Å². The first kappa shape index (κ1) is 23.8. The highest BCUT2D eigenvalue weighted by Gasteiger charge is 2.35. The number of carbonyl (C=O) groups excluding carboxylic acids is 1. The fraction of sp³-hybridized carbons (Fsp3) is 0.600. The maximum atomic E-state index is 12.5. The normalized spacial score (nSPS) is 26.3. The summed E-state index contributed by atoms with van der Waals surface area (Å²) in [6.45, 7) is 10.6. The summed E-state index contributed by atoms with van der Waals surface area (Å²) in [6.07, 6.45) is 18.6. The van der Waals surface area contributed by atoms with Crippen LogP contribution in [0.25, 0.3) is 11.1 Å². The first-order valence-electron chi connectivity index (χ1n) is 14.2. The maximum absolute atomic E-state index is 12.5. The van der Waals surface area contributed by atoms with Crippen LogP contribution in [0.3, 0.4) is 0 Å². The number of aromatic nitrogens is 2. The quantitative estimate of drug-likeness (QED) is 0.584. The molecule has 0 spiro atoms. The Balaban J connectivity index is 1.13. The highest BCUT2D eigenvalue weighted by Crippen LogP contribution is 2.35. The average molecular weight is 488 g/mol. The van der Waals surface area contributed by atoms with Crippen molar-refractivity contribution in [2.24, 2.45) is 17.8 Å². The van der Waals surface area contributed by atoms with Crippen LogP contribution in [0.4, 0.5) is 5.69 Å². The highest BCUT2D eigenvalue weighted by atomic mass is 16.2. The van der Waals surface area contributed by atoms with Gasteiger partial charge in [-0.15, -0.1) is 0 Å². The zero-order valence-electron chi connectivity index (χ0n) is 22.0. The lowest BCUT2D eigenvalue weighted by Crippen LogP contribution is -2.49. The van der Waals surface area contributed by atoms with Gasteiger partial charge in [0.2, 0.25) is 5.91 Å². The lowest BCUT2D eigenvalue weighted by Gasteiger charge is -2.39. The number of rotatable bonds is 6. The van der Waals surface area contributed by atoms with Gasteiger partial charge in [-0.1, -0.05) is 25.2 Å². The fourth-order valence-corrected chi connectivity index (χ4v) is 6.43. The Morgan fingerprint density at radius 3 is 2.69 bits per heavy atom. The van der Waals surface area contributed by atoms with Crippen LogP contribution in [0.1, 0.15) is 57.9 Å². The van der Waals surface area contributed by atoms with E-state index in [1.165, 1.54) is 49.2 Å². The minimum Gasteiger partial charge on any atom is -0.366 e. The molecule has 4 heterocycles. The molecule has 2 aliphatic carbocycles. The molecule has 2 saturated heterocycles. The Labute approximate surface area is 215 Å². The molecule has 0 radical (unpaired) electrons. The van der Waals surface area contributed by atoms with Gasteiger partial charge in [0.15, 0.2) is 0 Å². The van der Waals surface area contributed by atoms with Crippen molar-refractivity contribution in [1.82, 2.24) is 19.4 Å². The molecule has 3 atom stereocenters. The predicted molar refractivity (Wildman–Crippen MR) is 146 cm³/mol. The summed E-state index contributed by atoms with van der Waals surface area (Å²) in [4.78, 5) is 19.7. The average Bonchev–Trinajstić information content (AvgIpc) is 3.70. The van der Waals surface area contributed by atoms with Crippen molar-refractivity contribution in [2.45, 2.75) is 58.4 Å². The summed E-state index contributed by atoms with van der Waals surface area (Å²) in [5.41, 5.74) is 4.94. The van der Waals surface area contributed by atoms with E-state index in [9.17, 15) is 4.79 Å². The van der Waals surface area contributed by atoms with Gasteiger partial charge >= 0.3 is 0 Å². The minimum absolute atomic E-state index is 0.311. The number of hydrogen-bond acceptors (Lipinski definition) is 4. The second kappa shape index (κ2) is 10.0. The SMILES string of the molecule is CC[C@H](C)N1CCC[C@@H](C2C=CC(c3cc4c(N5CCN(C(=O)C6CC6)CC5)ccnn4c3)=CC2)C1. The van der Waals surface area contributed by atoms with Crippen molar-refractivity contribution in [3.63, 3.8) is 0 Å². The number of anilines is 1. The van der Waals surface area contributed by atoms with Gasteiger partial charge in [0.1, 0.15) is 0 Å². The van der Waals surface area contributed by atoms with E-state index in [1.807, 2.05) is 10.7 Å². The number of carbonyl (C=O) groups is 1. The summed E-state index contributed by atoms with van der Waals surface area (Å²) in [7, 11) is 0. The summed E-state index contributed by atoms with van der Waals surface area (Å²) in [5, 5.41) is 4.62. The topological polar surface area (TPSA) is 44.1 Å². The first-order valence-corrected chi connectivity index (χ1v) is 14.2. The van der Waals surface area contributed by atoms with Gasteiger partial charge in [-0.05, 0) is 81.5 Å². The number of nitrogens with zero attached hydrogens (tertiary/aromatic N) is 5. The van der Waals surface area contributed by atoms with Crippen molar-refractivity contribution in [3.8, 4) is 0 Å². The molecular formula is C30H41N5O. The first-order chi connectivity index (χ1) is 17.6. The van der Waals surface area contributed by atoms with Gasteiger partial charge in [-0.3, -0.25) is 4.79 Å². The monoisotopic (exact) mass is 487 g/mol. The molecule has 0 aromatic carbocycles. The third-order valence-electron chi connectivity index (χ3n) is 9.12. The van der Waals surface area contributed by atoms with E-state index in [4.69, 9.17) is 0 Å². The zero-order chi connectivity index (χ0) is 24.6. The molecule has 6 rings (SSSR count). The molecule has 1 amide bonds. The predicted octanol–water partition coefficient (Wildman–Crippen LogP) is 4.86. The van der Waals surface area contributed by atoms with E-state index in [2.05, 4.69) is 70.2 Å². The number of fused-ring (bicyclic) bond motifs is 1. The summed E-state index contributed by atoms with van der Waals surface area (Å²) in [5.74, 6) is 2.11. The minimum atomic E-state index is 0.311. The van der Waals surface area contributed by atoms with Crippen LogP contribution in [0, 0.1) is 17.8 Å². The molecule has 0 bridgehead atoms. The summed E-state index contributed by atoms with van der Waals surface area (Å²) >= 11 is 0. The molecule has 1 saturated carbocycles. The van der Waals surface area contributed by atoms with Gasteiger partial charge in [-0.2, -0.15) is 5.10 Å². The van der Waals surface area contributed by atoms with Crippen LogP contribution in [0.5, 0.6) is 0 Å². The molecule has 192 valence electrons. The van der Waals surface area contributed by atoms with Crippen LogP contribution >= 0.6 is 0 Å². The molecule has 2 aromatic rings. The molecule has 3 fully saturated rings. The number of likely N-dealkylation sites (tertiary alicyclic amines) is 1. The van der Waals surface area contributed by atoms with Crippen LogP contribution < -0.4 is 4.90 Å². The van der Waals surface area contributed by atoms with E-state index in [1.54, 1.807) is 0 Å². The standard InChI is InChI=1S/C30H41N5O/c1-3-22(2)34-14-4-5-26(20-34)23-6-8-24(9-7-23)27-19-29-28(12-13-31-35(29)21-27)32-15-17-33(18-16-32)30(36)25-10-11-25/h6,8-9,12-13,19,21-23,25-26H,3-5,7,10-11,14-18,20H2,1-2H3/t22-,23?,26+/m0/s1. The molecule has 0 N–H and O–H groups in total. The van der Waals surface area contributed by atoms with Gasteiger partial charge in [0.05, 0.1) is 11.2 Å². The molecule has 2 aliphatic heterocycles. The largest absolute Gasteiger partial charge is 0.366 e. The number of piperazine rings is 1. The van der Waals surface area contributed by atoms with Crippen LogP contribution in [-0.2, 0) is 4.79 Å². The van der Waals surface area contributed by atoms with Crippen molar-refractivity contribution in [2.75, 3.05) is 44.2 Å². The number of piperidine rings is 1. The summed E-state index contributed by atoms with van der Waals surface area (Å²) in [6, 6.07) is 5.12. The Kier molecular flexibility index (Phi) is 6.63. The second-order valence-electron chi connectivity index (χ2n) is 11.4. The lowest BCUT2D eigenvalue weighted by atomic mass is 9.80. The third-order valence-corrected chi connectivity index (χ3v) is 9.12. The highest BCUT2D eigenvalue weighted by molar-refractivity contribution is 5.83. The summed E-state index contributed by atoms with van der Waals surface area (Å²) < 4.78 is 2.03. The molecule has 2 aromatic heterocycles. The Hall–Kier alpha value is -2.60. The molecule has 36 heavy (non-hydrogen) atoms. The molecule has 6 heteroatoms. The lowest BCUT2D eigenvalue weighted by molar-refractivity contribution is -0.132. The van der Waals surface area contributed by atoms with Crippen LogP contribution in [0.15, 0.2) is 42.8 Å². The fourth-order valence-electron chi connectivity index (χ4n) is 6.43. The van der Waals surface area contributed by atoms with E-state index in [0.29, 0.717) is 23.8 Å². The smallest absolute Gasteiger partial charge is 0.225 e. The third kappa shape index (κ3) is 4.72. The van der Waals surface area contributed by atoms with Crippen LogP contribution in [0.2, 0.25) is 0 Å². The van der Waals surface area contributed by atoms with E-state index < -0.39 is 0 Å². The Morgan fingerprint density at radius 2 is 1.97 bits per heavy atom. The number of allylic oxidation sites excluding steroid dienone is 4. The molecule has 1 unspecified atom stereocenters. The van der Waals surface area contributed by atoms with Gasteiger partial charge in [-0.25, -0.2) is 4.52 Å². The second-order valence-corrected chi connectivity index (χ2v) is 11.4. The van der Waals surface area contributed by atoms with Crippen molar-refractivity contribution < 1.29 is 4.79 Å². The zero-order valence-corrected chi connectivity index (χ0v) is 22.0. The van der Waals surface area contributed by atoms with Gasteiger partial charge in [0.25, 0.3) is 0 Å². The van der Waals surface area contributed by atoms with Gasteiger partial charge < -0.3 is 14.7 Å². The molecular weight excluding hydrogens is 446 g/mol. The van der Waals surface area contributed by atoms with E-state index in [-0.39, 0.29) is 0 Å². The van der Waals surface area contributed by atoms with Crippen molar-refractivity contribution in [3.05, 3.63) is 48.3 Å². The van der Waals surface area contributed by atoms with E-state index in [0.717, 1.165) is 56.9 Å². The number of amides is 1.